The Bertz CT molecular complexity index is 123. The van der Waals surface area contributed by atoms with E-state index in [0.29, 0.717) is 6.54 Å². The van der Waals surface area contributed by atoms with Gasteiger partial charge in [0, 0.05) is 6.54 Å². The van der Waals surface area contributed by atoms with Crippen LogP contribution in [0.2, 0.25) is 0 Å². The summed E-state index contributed by atoms with van der Waals surface area (Å²) < 4.78 is 0. The Hall–Kier alpha value is -1.02. The Labute approximate surface area is 55.5 Å². The Morgan fingerprint density at radius 2 is 1.67 bits per heavy atom. The van der Waals surface area contributed by atoms with Gasteiger partial charge in [-0.25, -0.2) is 0 Å². The first-order valence-corrected chi connectivity index (χ1v) is 2.82. The van der Waals surface area contributed by atoms with Crippen molar-refractivity contribution >= 4 is 0 Å². The third-order valence-electron chi connectivity index (χ3n) is 0.717. The third-order valence-corrected chi connectivity index (χ3v) is 0.717. The van der Waals surface area contributed by atoms with Gasteiger partial charge in [-0.3, -0.25) is 0 Å². The predicted octanol–water partition coefficient (Wildman–Crippen LogP) is 0.530. The van der Waals surface area contributed by atoms with Crippen molar-refractivity contribution < 1.29 is 0 Å². The van der Waals surface area contributed by atoms with E-state index in [1.807, 2.05) is 24.3 Å². The molecule has 0 aromatic carbocycles. The zero-order valence-corrected chi connectivity index (χ0v) is 5.33. The summed E-state index contributed by atoms with van der Waals surface area (Å²) in [4.78, 5) is 0. The molecule has 0 radical (unpaired) electrons. The van der Waals surface area contributed by atoms with Gasteiger partial charge in [0.05, 0.1) is 0 Å². The summed E-state index contributed by atoms with van der Waals surface area (Å²) >= 11 is 0. The topological polar surface area (TPSA) is 52.0 Å². The van der Waals surface area contributed by atoms with E-state index < -0.39 is 0 Å². The summed E-state index contributed by atoms with van der Waals surface area (Å²) in [5.74, 6) is 0. The zero-order valence-electron chi connectivity index (χ0n) is 5.33. The molecule has 0 rings (SSSR count). The van der Waals surface area contributed by atoms with Crippen molar-refractivity contribution in [2.45, 2.75) is 0 Å². The van der Waals surface area contributed by atoms with E-state index in [1.165, 1.54) is 6.20 Å². The van der Waals surface area contributed by atoms with Crippen LogP contribution in [0, 0.1) is 0 Å². The highest BCUT2D eigenvalue weighted by Gasteiger charge is 1.60. The standard InChI is InChI=1S/C7H12N2/c8-6-4-2-1-3-5-7-9/h1-6H,7-9H2/b2-1+,5-3+,6-4+. The van der Waals surface area contributed by atoms with Crippen LogP contribution < -0.4 is 11.5 Å². The van der Waals surface area contributed by atoms with Crippen LogP contribution in [-0.2, 0) is 0 Å². The number of allylic oxidation sites excluding steroid dienone is 4. The van der Waals surface area contributed by atoms with Crippen LogP contribution in [0.4, 0.5) is 0 Å². The molecule has 0 spiro atoms. The number of rotatable bonds is 3. The van der Waals surface area contributed by atoms with Crippen LogP contribution in [0.25, 0.3) is 0 Å². The van der Waals surface area contributed by atoms with Gasteiger partial charge in [0.2, 0.25) is 0 Å². The van der Waals surface area contributed by atoms with E-state index in [9.17, 15) is 0 Å². The van der Waals surface area contributed by atoms with Crippen LogP contribution in [0.3, 0.4) is 0 Å². The average Bonchev–Trinajstić information content (AvgIpc) is 1.89. The van der Waals surface area contributed by atoms with Crippen molar-refractivity contribution in [3.8, 4) is 0 Å². The van der Waals surface area contributed by atoms with Crippen molar-refractivity contribution in [3.63, 3.8) is 0 Å². The van der Waals surface area contributed by atoms with Gasteiger partial charge in [0.25, 0.3) is 0 Å². The molecule has 0 aliphatic rings. The maximum absolute atomic E-state index is 5.18. The van der Waals surface area contributed by atoms with Crippen molar-refractivity contribution in [3.05, 3.63) is 36.6 Å². The molecule has 50 valence electrons. The molecule has 0 bridgehead atoms. The minimum absolute atomic E-state index is 0.580. The van der Waals surface area contributed by atoms with Gasteiger partial charge in [-0.15, -0.1) is 0 Å². The van der Waals surface area contributed by atoms with E-state index in [1.54, 1.807) is 6.08 Å². The summed E-state index contributed by atoms with van der Waals surface area (Å²) in [5, 5.41) is 0. The van der Waals surface area contributed by atoms with Crippen LogP contribution in [0.1, 0.15) is 0 Å². The van der Waals surface area contributed by atoms with Gasteiger partial charge in [-0.2, -0.15) is 0 Å². The fraction of sp³-hybridized carbons (Fsp3) is 0.143. The zero-order chi connectivity index (χ0) is 6.95. The molecular weight excluding hydrogens is 112 g/mol. The van der Waals surface area contributed by atoms with E-state index in [0.717, 1.165) is 0 Å². The van der Waals surface area contributed by atoms with Crippen LogP contribution in [0.15, 0.2) is 36.6 Å². The number of hydrogen-bond donors (Lipinski definition) is 2. The Morgan fingerprint density at radius 1 is 1.00 bits per heavy atom. The quantitative estimate of drug-likeness (QED) is 0.539. The van der Waals surface area contributed by atoms with Gasteiger partial charge in [-0.05, 0) is 12.3 Å². The molecule has 0 heterocycles. The van der Waals surface area contributed by atoms with E-state index in [4.69, 9.17) is 11.5 Å². The predicted molar refractivity (Wildman–Crippen MR) is 40.7 cm³/mol. The van der Waals surface area contributed by atoms with Gasteiger partial charge in [0.15, 0.2) is 0 Å². The molecule has 2 nitrogen and oxygen atoms in total. The maximum Gasteiger partial charge on any atom is 0.0109 e. The van der Waals surface area contributed by atoms with E-state index in [2.05, 4.69) is 0 Å². The first-order chi connectivity index (χ1) is 4.41. The van der Waals surface area contributed by atoms with Crippen molar-refractivity contribution in [1.29, 1.82) is 0 Å². The molecular formula is C7H12N2. The highest BCUT2D eigenvalue weighted by atomic mass is 14.5. The first-order valence-electron chi connectivity index (χ1n) is 2.82. The smallest absolute Gasteiger partial charge is 0.0109 e. The molecule has 2 heteroatoms. The first kappa shape index (κ1) is 7.98. The van der Waals surface area contributed by atoms with Crippen molar-refractivity contribution in [1.82, 2.24) is 0 Å². The maximum atomic E-state index is 5.18. The van der Waals surface area contributed by atoms with Crippen LogP contribution in [-0.4, -0.2) is 6.54 Å². The van der Waals surface area contributed by atoms with Gasteiger partial charge in [0.1, 0.15) is 0 Å². The molecule has 9 heavy (non-hydrogen) atoms. The van der Waals surface area contributed by atoms with Gasteiger partial charge in [-0.1, -0.05) is 24.3 Å². The Kier molecular flexibility index (Phi) is 6.19. The molecule has 0 amide bonds. The molecule has 0 aliphatic carbocycles. The fourth-order valence-electron chi connectivity index (χ4n) is 0.350. The highest BCUT2D eigenvalue weighted by molar-refractivity contribution is 5.10. The monoisotopic (exact) mass is 124 g/mol. The molecule has 0 atom stereocenters. The second-order valence-corrected chi connectivity index (χ2v) is 1.43. The summed E-state index contributed by atoms with van der Waals surface area (Å²) in [6.07, 6.45) is 10.7. The van der Waals surface area contributed by atoms with Crippen LogP contribution in [0.5, 0.6) is 0 Å². The molecule has 0 saturated carbocycles. The Morgan fingerprint density at radius 3 is 2.22 bits per heavy atom. The molecule has 0 fully saturated rings. The van der Waals surface area contributed by atoms with E-state index >= 15 is 0 Å². The number of hydrogen-bond acceptors (Lipinski definition) is 2. The Balaban J connectivity index is 3.35. The molecule has 0 aliphatic heterocycles. The third kappa shape index (κ3) is 6.98. The lowest BCUT2D eigenvalue weighted by Crippen LogP contribution is -1.91. The van der Waals surface area contributed by atoms with Crippen molar-refractivity contribution in [2.24, 2.45) is 11.5 Å². The molecule has 0 aromatic heterocycles. The van der Waals surface area contributed by atoms with Crippen LogP contribution >= 0.6 is 0 Å². The molecule has 0 aromatic rings. The second-order valence-electron chi connectivity index (χ2n) is 1.43. The normalized spacial score (nSPS) is 12.6. The largest absolute Gasteiger partial charge is 0.405 e. The SMILES string of the molecule is N/C=C/C=C/C=C/CN. The second kappa shape index (κ2) is 6.98. The van der Waals surface area contributed by atoms with E-state index in [-0.39, 0.29) is 0 Å². The lowest BCUT2D eigenvalue weighted by molar-refractivity contribution is 1.25. The lowest BCUT2D eigenvalue weighted by atomic mass is 10.4. The summed E-state index contributed by atoms with van der Waals surface area (Å²) in [6.45, 7) is 0.580. The van der Waals surface area contributed by atoms with Crippen molar-refractivity contribution in [2.75, 3.05) is 6.54 Å². The molecule has 0 saturated heterocycles. The summed E-state index contributed by atoms with van der Waals surface area (Å²) in [6, 6.07) is 0. The van der Waals surface area contributed by atoms with Gasteiger partial charge >= 0.3 is 0 Å². The number of nitrogens with two attached hydrogens (primary N) is 2. The summed E-state index contributed by atoms with van der Waals surface area (Å²) in [5.41, 5.74) is 10.2. The lowest BCUT2D eigenvalue weighted by Gasteiger charge is -1.73. The fourth-order valence-corrected chi connectivity index (χ4v) is 0.350. The minimum atomic E-state index is 0.580. The minimum Gasteiger partial charge on any atom is -0.405 e. The molecule has 0 unspecified atom stereocenters. The summed E-state index contributed by atoms with van der Waals surface area (Å²) in [7, 11) is 0. The average molecular weight is 124 g/mol. The van der Waals surface area contributed by atoms with Gasteiger partial charge < -0.3 is 11.5 Å². The molecule has 4 N–H and O–H groups in total. The highest BCUT2D eigenvalue weighted by Crippen LogP contribution is 1.75.